The van der Waals surface area contributed by atoms with E-state index in [9.17, 15) is 8.42 Å². The fourth-order valence-corrected chi connectivity index (χ4v) is 3.75. The molecule has 6 heteroatoms. The van der Waals surface area contributed by atoms with Crippen molar-refractivity contribution in [2.45, 2.75) is 17.9 Å². The van der Waals surface area contributed by atoms with Crippen LogP contribution in [0.2, 0.25) is 10.0 Å². The topological polar surface area (TPSA) is 46.2 Å². The van der Waals surface area contributed by atoms with Crippen LogP contribution in [0.1, 0.15) is 18.5 Å². The van der Waals surface area contributed by atoms with Gasteiger partial charge in [0.15, 0.2) is 0 Å². The normalized spacial score (nSPS) is 13.2. The van der Waals surface area contributed by atoms with Gasteiger partial charge in [-0.3, -0.25) is 0 Å². The fraction of sp³-hybridized carbons (Fsp3) is 0.143. The number of hydrogen-bond donors (Lipinski definition) is 1. The third-order valence-corrected chi connectivity index (χ3v) is 5.08. The van der Waals surface area contributed by atoms with Crippen molar-refractivity contribution in [3.8, 4) is 0 Å². The van der Waals surface area contributed by atoms with E-state index >= 15 is 0 Å². The second-order valence-corrected chi connectivity index (χ2v) is 6.85. The molecule has 0 heterocycles. The van der Waals surface area contributed by atoms with Gasteiger partial charge >= 0.3 is 0 Å². The van der Waals surface area contributed by atoms with Crippen LogP contribution in [0.3, 0.4) is 0 Å². The van der Waals surface area contributed by atoms with Gasteiger partial charge in [-0.05, 0) is 36.8 Å². The molecule has 0 aliphatic heterocycles. The summed E-state index contributed by atoms with van der Waals surface area (Å²) in [6.07, 6.45) is 0. The Kier molecular flexibility index (Phi) is 4.70. The molecule has 1 N–H and O–H groups in total. The summed E-state index contributed by atoms with van der Waals surface area (Å²) in [5.74, 6) is 0. The van der Waals surface area contributed by atoms with Gasteiger partial charge in [-0.1, -0.05) is 47.5 Å². The minimum atomic E-state index is -3.68. The lowest BCUT2D eigenvalue weighted by Crippen LogP contribution is -2.27. The molecule has 1 unspecified atom stereocenters. The molecule has 0 amide bonds. The highest BCUT2D eigenvalue weighted by Crippen LogP contribution is 2.24. The maximum Gasteiger partial charge on any atom is 0.242 e. The molecule has 0 radical (unpaired) electrons. The number of halogens is 2. The zero-order valence-corrected chi connectivity index (χ0v) is 13.0. The Bertz CT molecular complexity index is 717. The van der Waals surface area contributed by atoms with E-state index in [0.29, 0.717) is 5.02 Å². The van der Waals surface area contributed by atoms with Crippen molar-refractivity contribution in [3.63, 3.8) is 0 Å². The maximum absolute atomic E-state index is 12.3. The SMILES string of the molecule is CC(NS(=O)(=O)c1ccccc1Cl)c1cccc(Cl)c1. The van der Waals surface area contributed by atoms with Crippen molar-refractivity contribution in [2.75, 3.05) is 0 Å². The molecule has 2 aromatic rings. The first-order valence-corrected chi connectivity index (χ1v) is 8.16. The molecule has 20 heavy (non-hydrogen) atoms. The van der Waals surface area contributed by atoms with E-state index in [2.05, 4.69) is 4.72 Å². The lowest BCUT2D eigenvalue weighted by Gasteiger charge is -2.15. The number of sulfonamides is 1. The molecule has 0 aliphatic rings. The molecule has 0 saturated carbocycles. The Labute approximate surface area is 128 Å². The molecule has 0 aliphatic carbocycles. The molecular formula is C14H13Cl2NO2S. The molecule has 0 fully saturated rings. The number of nitrogens with one attached hydrogen (secondary N) is 1. The average Bonchev–Trinajstić information content (AvgIpc) is 2.38. The van der Waals surface area contributed by atoms with Gasteiger partial charge in [0, 0.05) is 11.1 Å². The van der Waals surface area contributed by atoms with E-state index in [-0.39, 0.29) is 9.92 Å². The summed E-state index contributed by atoms with van der Waals surface area (Å²) in [7, 11) is -3.68. The summed E-state index contributed by atoms with van der Waals surface area (Å²) < 4.78 is 27.2. The number of rotatable bonds is 4. The lowest BCUT2D eigenvalue weighted by atomic mass is 10.1. The smallest absolute Gasteiger partial charge is 0.207 e. The summed E-state index contributed by atoms with van der Waals surface area (Å²) in [6, 6.07) is 13.0. The Balaban J connectivity index is 2.27. The molecule has 0 aromatic heterocycles. The van der Waals surface area contributed by atoms with E-state index < -0.39 is 16.1 Å². The second kappa shape index (κ2) is 6.14. The summed E-state index contributed by atoms with van der Waals surface area (Å²) in [4.78, 5) is 0.0653. The van der Waals surface area contributed by atoms with Gasteiger partial charge in [-0.15, -0.1) is 0 Å². The Morgan fingerprint density at radius 2 is 1.75 bits per heavy atom. The molecule has 0 saturated heterocycles. The minimum Gasteiger partial charge on any atom is -0.207 e. The van der Waals surface area contributed by atoms with Crippen LogP contribution in [0, 0.1) is 0 Å². The highest BCUT2D eigenvalue weighted by molar-refractivity contribution is 7.89. The highest BCUT2D eigenvalue weighted by atomic mass is 35.5. The number of hydrogen-bond acceptors (Lipinski definition) is 2. The highest BCUT2D eigenvalue weighted by Gasteiger charge is 2.20. The van der Waals surface area contributed by atoms with Crippen molar-refractivity contribution in [3.05, 3.63) is 64.1 Å². The Morgan fingerprint density at radius 1 is 1.05 bits per heavy atom. The predicted molar refractivity (Wildman–Crippen MR) is 81.6 cm³/mol. The van der Waals surface area contributed by atoms with Gasteiger partial charge in [-0.25, -0.2) is 13.1 Å². The molecule has 1 atom stereocenters. The van der Waals surface area contributed by atoms with Gasteiger partial charge in [-0.2, -0.15) is 0 Å². The van der Waals surface area contributed by atoms with E-state index in [1.807, 2.05) is 6.07 Å². The minimum absolute atomic E-state index is 0.0653. The largest absolute Gasteiger partial charge is 0.242 e. The third kappa shape index (κ3) is 3.52. The van der Waals surface area contributed by atoms with E-state index in [4.69, 9.17) is 23.2 Å². The van der Waals surface area contributed by atoms with Gasteiger partial charge in [0.25, 0.3) is 0 Å². The van der Waals surface area contributed by atoms with Gasteiger partial charge < -0.3 is 0 Å². The van der Waals surface area contributed by atoms with Crippen LogP contribution in [-0.2, 0) is 10.0 Å². The molecule has 2 rings (SSSR count). The van der Waals surface area contributed by atoms with Crippen LogP contribution in [0.15, 0.2) is 53.4 Å². The van der Waals surface area contributed by atoms with Crippen LogP contribution in [0.5, 0.6) is 0 Å². The van der Waals surface area contributed by atoms with E-state index in [1.54, 1.807) is 43.3 Å². The summed E-state index contributed by atoms with van der Waals surface area (Å²) in [6.45, 7) is 1.75. The molecule has 106 valence electrons. The lowest BCUT2D eigenvalue weighted by molar-refractivity contribution is 0.567. The molecule has 3 nitrogen and oxygen atoms in total. The fourth-order valence-electron chi connectivity index (χ4n) is 1.80. The van der Waals surface area contributed by atoms with Crippen LogP contribution >= 0.6 is 23.2 Å². The first-order chi connectivity index (χ1) is 9.40. The monoisotopic (exact) mass is 329 g/mol. The molecule has 0 spiro atoms. The zero-order chi connectivity index (χ0) is 14.8. The first kappa shape index (κ1) is 15.3. The molecule has 0 bridgehead atoms. The van der Waals surface area contributed by atoms with Crippen molar-refractivity contribution in [2.24, 2.45) is 0 Å². The van der Waals surface area contributed by atoms with Crippen LogP contribution < -0.4 is 4.72 Å². The standard InChI is InChI=1S/C14H13Cl2NO2S/c1-10(11-5-4-6-12(15)9-11)17-20(18,19)14-8-3-2-7-13(14)16/h2-10,17H,1H3. The molecular weight excluding hydrogens is 317 g/mol. The first-order valence-electron chi connectivity index (χ1n) is 5.92. The number of benzene rings is 2. The third-order valence-electron chi connectivity index (χ3n) is 2.81. The van der Waals surface area contributed by atoms with Crippen LogP contribution in [-0.4, -0.2) is 8.42 Å². The van der Waals surface area contributed by atoms with Crippen LogP contribution in [0.4, 0.5) is 0 Å². The summed E-state index contributed by atoms with van der Waals surface area (Å²) in [5.41, 5.74) is 0.785. The maximum atomic E-state index is 12.3. The van der Waals surface area contributed by atoms with Gasteiger partial charge in [0.2, 0.25) is 10.0 Å². The van der Waals surface area contributed by atoms with Crippen LogP contribution in [0.25, 0.3) is 0 Å². The van der Waals surface area contributed by atoms with Crippen molar-refractivity contribution in [1.29, 1.82) is 0 Å². The predicted octanol–water partition coefficient (Wildman–Crippen LogP) is 4.03. The second-order valence-electron chi connectivity index (χ2n) is 4.33. The Hall–Kier alpha value is -1.07. The van der Waals surface area contributed by atoms with Gasteiger partial charge in [0.05, 0.1) is 5.02 Å². The quantitative estimate of drug-likeness (QED) is 0.920. The van der Waals surface area contributed by atoms with Crippen molar-refractivity contribution in [1.82, 2.24) is 4.72 Å². The molecule has 2 aromatic carbocycles. The van der Waals surface area contributed by atoms with E-state index in [0.717, 1.165) is 5.56 Å². The van der Waals surface area contributed by atoms with Gasteiger partial charge in [0.1, 0.15) is 4.90 Å². The Morgan fingerprint density at radius 3 is 2.40 bits per heavy atom. The van der Waals surface area contributed by atoms with Crippen molar-refractivity contribution >= 4 is 33.2 Å². The summed E-state index contributed by atoms with van der Waals surface area (Å²) in [5, 5.41) is 0.754. The zero-order valence-electron chi connectivity index (χ0n) is 10.7. The average molecular weight is 330 g/mol. The summed E-state index contributed by atoms with van der Waals surface area (Å²) >= 11 is 11.8. The van der Waals surface area contributed by atoms with E-state index in [1.165, 1.54) is 6.07 Å². The van der Waals surface area contributed by atoms with Crippen molar-refractivity contribution < 1.29 is 8.42 Å².